The van der Waals surface area contributed by atoms with Crippen molar-refractivity contribution >= 4 is 21.6 Å². The summed E-state index contributed by atoms with van der Waals surface area (Å²) < 4.78 is 1.25. The van der Waals surface area contributed by atoms with E-state index in [1.165, 1.54) is 54.4 Å². The lowest BCUT2D eigenvalue weighted by Gasteiger charge is -2.38. The second kappa shape index (κ2) is 8.04. The largest absolute Gasteiger partial charge is 0.368 e. The van der Waals surface area contributed by atoms with Gasteiger partial charge in [-0.25, -0.2) is 0 Å². The number of nitrogens with one attached hydrogen (secondary N) is 1. The fourth-order valence-corrected chi connectivity index (χ4v) is 3.77. The van der Waals surface area contributed by atoms with Gasteiger partial charge in [-0.2, -0.15) is 0 Å². The predicted molar refractivity (Wildman–Crippen MR) is 91.4 cm³/mol. The van der Waals surface area contributed by atoms with Crippen LogP contribution in [0.1, 0.15) is 51.5 Å². The minimum absolute atomic E-state index is 0.727. The van der Waals surface area contributed by atoms with Crippen LogP contribution in [0, 0.1) is 0 Å². The summed E-state index contributed by atoms with van der Waals surface area (Å²) in [6.45, 7) is 7.61. The minimum Gasteiger partial charge on any atom is -0.368 e. The summed E-state index contributed by atoms with van der Waals surface area (Å²) in [6, 6.07) is 7.56. The first kappa shape index (κ1) is 15.8. The fraction of sp³-hybridized carbons (Fsp3) is 0.647. The van der Waals surface area contributed by atoms with E-state index in [2.05, 4.69) is 58.2 Å². The standard InChI is InChI=1S/C17H27BrN2/c1-3-7-15-8-5-6-11-20(15)17-10-9-14(12-16(17)18)13-19-4-2/h9-10,12,15,19H,3-8,11,13H2,1-2H3. The van der Waals surface area contributed by atoms with E-state index in [4.69, 9.17) is 0 Å². The monoisotopic (exact) mass is 338 g/mol. The molecule has 0 saturated carbocycles. The summed E-state index contributed by atoms with van der Waals surface area (Å²) in [6.07, 6.45) is 6.64. The van der Waals surface area contributed by atoms with Gasteiger partial charge in [0.1, 0.15) is 0 Å². The molecular weight excluding hydrogens is 312 g/mol. The second-order valence-corrected chi connectivity index (χ2v) is 6.55. The van der Waals surface area contributed by atoms with Crippen molar-refractivity contribution in [2.45, 2.75) is 58.5 Å². The highest BCUT2D eigenvalue weighted by molar-refractivity contribution is 9.10. The molecule has 1 aliphatic rings. The first-order valence-electron chi connectivity index (χ1n) is 8.02. The van der Waals surface area contributed by atoms with Crippen LogP contribution in [-0.2, 0) is 6.54 Å². The summed E-state index contributed by atoms with van der Waals surface area (Å²) in [5.74, 6) is 0. The fourth-order valence-electron chi connectivity index (χ4n) is 3.11. The van der Waals surface area contributed by atoms with Crippen molar-refractivity contribution in [1.29, 1.82) is 0 Å². The Labute approximate surface area is 132 Å². The molecule has 0 amide bonds. The van der Waals surface area contributed by atoms with Crippen molar-refractivity contribution in [2.24, 2.45) is 0 Å². The number of hydrogen-bond acceptors (Lipinski definition) is 2. The third kappa shape index (κ3) is 3.98. The van der Waals surface area contributed by atoms with Gasteiger partial charge in [-0.05, 0) is 65.9 Å². The van der Waals surface area contributed by atoms with Gasteiger partial charge in [-0.1, -0.05) is 26.3 Å². The van der Waals surface area contributed by atoms with Crippen molar-refractivity contribution < 1.29 is 0 Å². The summed E-state index contributed by atoms with van der Waals surface area (Å²) >= 11 is 3.78. The highest BCUT2D eigenvalue weighted by Crippen LogP contribution is 2.33. The molecule has 1 saturated heterocycles. The molecule has 0 radical (unpaired) electrons. The minimum atomic E-state index is 0.727. The van der Waals surface area contributed by atoms with Crippen LogP contribution in [0.25, 0.3) is 0 Å². The number of halogens is 1. The molecule has 3 heteroatoms. The highest BCUT2D eigenvalue weighted by atomic mass is 79.9. The zero-order chi connectivity index (χ0) is 14.4. The normalized spacial score (nSPS) is 19.4. The molecule has 1 aliphatic heterocycles. The highest BCUT2D eigenvalue weighted by Gasteiger charge is 2.23. The Kier molecular flexibility index (Phi) is 6.37. The van der Waals surface area contributed by atoms with Gasteiger partial charge in [0.15, 0.2) is 0 Å². The zero-order valence-electron chi connectivity index (χ0n) is 12.8. The van der Waals surface area contributed by atoms with Crippen LogP contribution in [-0.4, -0.2) is 19.1 Å². The average Bonchev–Trinajstić information content (AvgIpc) is 2.46. The van der Waals surface area contributed by atoms with Gasteiger partial charge in [0, 0.05) is 23.6 Å². The van der Waals surface area contributed by atoms with Crippen molar-refractivity contribution in [3.05, 3.63) is 28.2 Å². The van der Waals surface area contributed by atoms with Crippen LogP contribution in [0.4, 0.5) is 5.69 Å². The smallest absolute Gasteiger partial charge is 0.0513 e. The van der Waals surface area contributed by atoms with E-state index in [-0.39, 0.29) is 0 Å². The van der Waals surface area contributed by atoms with Gasteiger partial charge >= 0.3 is 0 Å². The van der Waals surface area contributed by atoms with Crippen molar-refractivity contribution in [3.8, 4) is 0 Å². The van der Waals surface area contributed by atoms with E-state index in [0.717, 1.165) is 19.1 Å². The molecule has 0 spiro atoms. The van der Waals surface area contributed by atoms with Gasteiger partial charge < -0.3 is 10.2 Å². The number of piperidine rings is 1. The Morgan fingerprint density at radius 2 is 2.15 bits per heavy atom. The second-order valence-electron chi connectivity index (χ2n) is 5.70. The molecule has 0 aliphatic carbocycles. The molecule has 0 bridgehead atoms. The molecule has 1 aromatic rings. The Morgan fingerprint density at radius 3 is 2.85 bits per heavy atom. The van der Waals surface area contributed by atoms with Gasteiger partial charge in [0.25, 0.3) is 0 Å². The predicted octanol–water partition coefficient (Wildman–Crippen LogP) is 4.72. The maximum atomic E-state index is 3.78. The van der Waals surface area contributed by atoms with Crippen molar-refractivity contribution in [3.63, 3.8) is 0 Å². The lowest BCUT2D eigenvalue weighted by atomic mass is 9.97. The third-order valence-corrected chi connectivity index (χ3v) is 4.78. The first-order valence-corrected chi connectivity index (χ1v) is 8.81. The Morgan fingerprint density at radius 1 is 1.30 bits per heavy atom. The maximum Gasteiger partial charge on any atom is 0.0513 e. The SMILES string of the molecule is CCCC1CCCCN1c1ccc(CNCC)cc1Br. The lowest BCUT2D eigenvalue weighted by molar-refractivity contribution is 0.434. The zero-order valence-corrected chi connectivity index (χ0v) is 14.4. The Bertz CT molecular complexity index is 417. The molecule has 1 aromatic carbocycles. The molecule has 20 heavy (non-hydrogen) atoms. The van der Waals surface area contributed by atoms with E-state index >= 15 is 0 Å². The quantitative estimate of drug-likeness (QED) is 0.807. The number of anilines is 1. The van der Waals surface area contributed by atoms with Gasteiger partial charge in [-0.15, -0.1) is 0 Å². The molecular formula is C17H27BrN2. The molecule has 112 valence electrons. The van der Waals surface area contributed by atoms with E-state index in [1.807, 2.05) is 0 Å². The number of hydrogen-bond donors (Lipinski definition) is 1. The Balaban J connectivity index is 2.13. The summed E-state index contributed by atoms with van der Waals surface area (Å²) in [7, 11) is 0. The van der Waals surface area contributed by atoms with Crippen LogP contribution < -0.4 is 10.2 Å². The molecule has 1 atom stereocenters. The summed E-state index contributed by atoms with van der Waals surface area (Å²) in [5.41, 5.74) is 2.73. The van der Waals surface area contributed by atoms with Crippen LogP contribution in [0.15, 0.2) is 22.7 Å². The molecule has 1 fully saturated rings. The lowest BCUT2D eigenvalue weighted by Crippen LogP contribution is -2.39. The molecule has 2 rings (SSSR count). The van der Waals surface area contributed by atoms with Crippen LogP contribution in [0.3, 0.4) is 0 Å². The maximum absolute atomic E-state index is 3.78. The third-order valence-electron chi connectivity index (χ3n) is 4.15. The molecule has 1 N–H and O–H groups in total. The summed E-state index contributed by atoms with van der Waals surface area (Å²) in [5, 5.41) is 3.39. The van der Waals surface area contributed by atoms with E-state index < -0.39 is 0 Å². The number of benzene rings is 1. The first-order chi connectivity index (χ1) is 9.76. The number of nitrogens with zero attached hydrogens (tertiary/aromatic N) is 1. The van der Waals surface area contributed by atoms with Crippen molar-refractivity contribution in [2.75, 3.05) is 18.0 Å². The Hall–Kier alpha value is -0.540. The van der Waals surface area contributed by atoms with Gasteiger partial charge in [0.05, 0.1) is 5.69 Å². The van der Waals surface area contributed by atoms with Crippen molar-refractivity contribution in [1.82, 2.24) is 5.32 Å². The van der Waals surface area contributed by atoms with Gasteiger partial charge in [-0.3, -0.25) is 0 Å². The van der Waals surface area contributed by atoms with E-state index in [9.17, 15) is 0 Å². The van der Waals surface area contributed by atoms with Crippen LogP contribution in [0.2, 0.25) is 0 Å². The van der Waals surface area contributed by atoms with Gasteiger partial charge in [0.2, 0.25) is 0 Å². The molecule has 1 heterocycles. The molecule has 1 unspecified atom stereocenters. The van der Waals surface area contributed by atoms with E-state index in [0.29, 0.717) is 0 Å². The summed E-state index contributed by atoms with van der Waals surface area (Å²) in [4.78, 5) is 2.62. The topological polar surface area (TPSA) is 15.3 Å². The molecule has 2 nitrogen and oxygen atoms in total. The van der Waals surface area contributed by atoms with E-state index in [1.54, 1.807) is 0 Å². The van der Waals surface area contributed by atoms with Crippen LogP contribution in [0.5, 0.6) is 0 Å². The molecule has 0 aromatic heterocycles. The van der Waals surface area contributed by atoms with Crippen LogP contribution >= 0.6 is 15.9 Å². The average molecular weight is 339 g/mol. The number of rotatable bonds is 6.